The van der Waals surface area contributed by atoms with E-state index >= 15 is 0 Å². The molecule has 6 nitrogen and oxygen atoms in total. The van der Waals surface area contributed by atoms with Gasteiger partial charge in [-0.2, -0.15) is 0 Å². The van der Waals surface area contributed by atoms with Gasteiger partial charge < -0.3 is 14.6 Å². The summed E-state index contributed by atoms with van der Waals surface area (Å²) < 4.78 is 2.05. The van der Waals surface area contributed by atoms with Gasteiger partial charge in [-0.3, -0.25) is 4.79 Å². The minimum absolute atomic E-state index is 0.0107. The summed E-state index contributed by atoms with van der Waals surface area (Å²) in [4.78, 5) is 15.6. The fourth-order valence-electron chi connectivity index (χ4n) is 5.77. The highest BCUT2D eigenvalue weighted by Crippen LogP contribution is 2.51. The second kappa shape index (κ2) is 6.99. The summed E-state index contributed by atoms with van der Waals surface area (Å²) in [6, 6.07) is 10.6. The van der Waals surface area contributed by atoms with Crippen molar-refractivity contribution in [1.82, 2.24) is 19.7 Å². The minimum Gasteiger partial charge on any atom is -0.396 e. The number of aliphatic hydroxyl groups excluding tert-OH is 1. The number of hydrogen-bond acceptors (Lipinski definition) is 4. The molecule has 0 saturated carbocycles. The molecule has 1 amide bonds. The number of benzene rings is 1. The Hall–Kier alpha value is -2.21. The third kappa shape index (κ3) is 2.77. The summed E-state index contributed by atoms with van der Waals surface area (Å²) in [5, 5.41) is 19.0. The summed E-state index contributed by atoms with van der Waals surface area (Å²) in [6.45, 7) is 0.951. The second-order valence-electron chi connectivity index (χ2n) is 8.75. The Bertz CT molecular complexity index is 865. The highest BCUT2D eigenvalue weighted by molar-refractivity contribution is 5.92. The molecular formula is C22H28N4O2. The van der Waals surface area contributed by atoms with E-state index in [0.29, 0.717) is 5.82 Å². The summed E-state index contributed by atoms with van der Waals surface area (Å²) in [6.07, 6.45) is 7.94. The molecule has 0 radical (unpaired) electrons. The molecule has 2 bridgehead atoms. The first-order valence-corrected chi connectivity index (χ1v) is 10.6. The molecule has 0 unspecified atom stereocenters. The van der Waals surface area contributed by atoms with Gasteiger partial charge in [-0.1, -0.05) is 36.8 Å². The number of aryl methyl sites for hydroxylation is 1. The zero-order valence-corrected chi connectivity index (χ0v) is 16.3. The lowest BCUT2D eigenvalue weighted by atomic mass is 9.70. The van der Waals surface area contributed by atoms with E-state index in [-0.39, 0.29) is 30.0 Å². The first-order chi connectivity index (χ1) is 13.7. The van der Waals surface area contributed by atoms with Crippen LogP contribution in [0, 0.1) is 5.41 Å². The van der Waals surface area contributed by atoms with Crippen LogP contribution >= 0.6 is 0 Å². The Morgan fingerprint density at radius 2 is 2.00 bits per heavy atom. The summed E-state index contributed by atoms with van der Waals surface area (Å²) in [5.74, 6) is 1.46. The van der Waals surface area contributed by atoms with Crippen LogP contribution in [0.15, 0.2) is 30.3 Å². The Balaban J connectivity index is 1.44. The number of fused-ring (bicyclic) bond motifs is 3. The fraction of sp³-hybridized carbons (Fsp3) is 0.591. The maximum Gasteiger partial charge on any atom is 0.292 e. The van der Waals surface area contributed by atoms with Crippen molar-refractivity contribution >= 4 is 5.91 Å². The number of hydrogen-bond donors (Lipinski definition) is 1. The lowest BCUT2D eigenvalue weighted by Crippen LogP contribution is -2.44. The molecule has 1 N–H and O–H groups in total. The predicted molar refractivity (Wildman–Crippen MR) is 105 cm³/mol. The average Bonchev–Trinajstić information content (AvgIpc) is 3.35. The molecule has 1 aromatic heterocycles. The molecule has 6 heteroatoms. The number of nitrogens with zero attached hydrogens (tertiary/aromatic N) is 4. The van der Waals surface area contributed by atoms with Gasteiger partial charge in [0, 0.05) is 30.5 Å². The molecule has 2 saturated heterocycles. The van der Waals surface area contributed by atoms with Gasteiger partial charge in [-0.05, 0) is 44.1 Å². The standard InChI is InChI=1S/C22H28N4O2/c27-15-22(13-16-7-3-1-4-8-16)14-17-10-11-18(22)26(17)21(28)20-24-23-19-9-5-2-6-12-25(19)20/h1,3-4,7-8,17-18,27H,2,5-6,9-15H2/t17-,18+,22-/m1/s1. The number of carbonyl (C=O) groups is 1. The van der Waals surface area contributed by atoms with Crippen LogP contribution in [-0.4, -0.2) is 49.4 Å². The fourth-order valence-corrected chi connectivity index (χ4v) is 5.77. The van der Waals surface area contributed by atoms with Gasteiger partial charge in [0.1, 0.15) is 5.82 Å². The zero-order chi connectivity index (χ0) is 19.1. The van der Waals surface area contributed by atoms with Crippen LogP contribution in [0.1, 0.15) is 60.5 Å². The highest BCUT2D eigenvalue weighted by atomic mass is 16.3. The van der Waals surface area contributed by atoms with E-state index in [2.05, 4.69) is 22.3 Å². The third-order valence-corrected chi connectivity index (χ3v) is 7.10. The topological polar surface area (TPSA) is 71.2 Å². The van der Waals surface area contributed by atoms with Crippen LogP contribution in [0.25, 0.3) is 0 Å². The van der Waals surface area contributed by atoms with Gasteiger partial charge in [0.2, 0.25) is 5.82 Å². The number of carbonyl (C=O) groups excluding carboxylic acids is 1. The van der Waals surface area contributed by atoms with Gasteiger partial charge in [0.25, 0.3) is 5.91 Å². The van der Waals surface area contributed by atoms with Crippen molar-refractivity contribution < 1.29 is 9.90 Å². The third-order valence-electron chi connectivity index (χ3n) is 7.10. The SMILES string of the molecule is O=C(c1nnc2n1CCCCC2)N1[C@@H]2CC[C@H]1[C@](CO)(Cc1ccccc1)C2. The molecule has 2 aromatic rings. The van der Waals surface area contributed by atoms with Crippen LogP contribution in [0.2, 0.25) is 0 Å². The maximum atomic E-state index is 13.5. The Morgan fingerprint density at radius 1 is 1.14 bits per heavy atom. The normalized spacial score (nSPS) is 29.0. The molecular weight excluding hydrogens is 352 g/mol. The summed E-state index contributed by atoms with van der Waals surface area (Å²) >= 11 is 0. The first kappa shape index (κ1) is 17.9. The van der Waals surface area contributed by atoms with Crippen LogP contribution in [0.4, 0.5) is 0 Å². The van der Waals surface area contributed by atoms with Crippen molar-refractivity contribution in [1.29, 1.82) is 0 Å². The smallest absolute Gasteiger partial charge is 0.292 e. The van der Waals surface area contributed by atoms with Crippen molar-refractivity contribution in [2.24, 2.45) is 5.41 Å². The minimum atomic E-state index is -0.248. The number of rotatable bonds is 4. The largest absolute Gasteiger partial charge is 0.396 e. The van der Waals surface area contributed by atoms with E-state index in [4.69, 9.17) is 0 Å². The van der Waals surface area contributed by atoms with Crippen LogP contribution < -0.4 is 0 Å². The van der Waals surface area contributed by atoms with Gasteiger partial charge >= 0.3 is 0 Å². The van der Waals surface area contributed by atoms with Crippen molar-refractivity contribution in [3.63, 3.8) is 0 Å². The molecule has 0 aliphatic carbocycles. The maximum absolute atomic E-state index is 13.5. The Morgan fingerprint density at radius 3 is 2.82 bits per heavy atom. The first-order valence-electron chi connectivity index (χ1n) is 10.6. The Kier molecular flexibility index (Phi) is 4.46. The summed E-state index contributed by atoms with van der Waals surface area (Å²) in [7, 11) is 0. The Labute approximate surface area is 165 Å². The lowest BCUT2D eigenvalue weighted by molar-refractivity contribution is 0.0557. The average molecular weight is 380 g/mol. The number of aromatic nitrogens is 3. The quantitative estimate of drug-likeness (QED) is 0.885. The molecule has 1 aromatic carbocycles. The van der Waals surface area contributed by atoms with Gasteiger partial charge in [0.05, 0.1) is 6.61 Å². The number of aliphatic hydroxyl groups is 1. The molecule has 28 heavy (non-hydrogen) atoms. The van der Waals surface area contributed by atoms with E-state index in [1.54, 1.807) is 0 Å². The van der Waals surface area contributed by atoms with Crippen LogP contribution in [-0.2, 0) is 19.4 Å². The highest BCUT2D eigenvalue weighted by Gasteiger charge is 2.57. The molecule has 3 atom stereocenters. The monoisotopic (exact) mass is 380 g/mol. The van der Waals surface area contributed by atoms with Crippen LogP contribution in [0.3, 0.4) is 0 Å². The van der Waals surface area contributed by atoms with Crippen molar-refractivity contribution in [3.05, 3.63) is 47.5 Å². The van der Waals surface area contributed by atoms with E-state index in [0.717, 1.165) is 57.3 Å². The molecule has 0 spiro atoms. The van der Waals surface area contributed by atoms with E-state index < -0.39 is 0 Å². The second-order valence-corrected chi connectivity index (χ2v) is 8.75. The van der Waals surface area contributed by atoms with Crippen LogP contribution in [0.5, 0.6) is 0 Å². The predicted octanol–water partition coefficient (Wildman–Crippen LogP) is 2.60. The zero-order valence-electron chi connectivity index (χ0n) is 16.3. The van der Waals surface area contributed by atoms with E-state index in [1.807, 2.05) is 27.7 Å². The molecule has 148 valence electrons. The molecule has 3 aliphatic heterocycles. The molecule has 4 heterocycles. The van der Waals surface area contributed by atoms with Gasteiger partial charge in [-0.25, -0.2) is 0 Å². The molecule has 5 rings (SSSR count). The van der Waals surface area contributed by atoms with Crippen molar-refractivity contribution in [2.45, 2.75) is 70.0 Å². The van der Waals surface area contributed by atoms with Crippen molar-refractivity contribution in [2.75, 3.05) is 6.61 Å². The van der Waals surface area contributed by atoms with Crippen molar-refractivity contribution in [3.8, 4) is 0 Å². The van der Waals surface area contributed by atoms with Gasteiger partial charge in [0.15, 0.2) is 0 Å². The summed E-state index contributed by atoms with van der Waals surface area (Å²) in [5.41, 5.74) is 0.981. The lowest BCUT2D eigenvalue weighted by Gasteiger charge is -2.36. The molecule has 3 aliphatic rings. The van der Waals surface area contributed by atoms with E-state index in [9.17, 15) is 9.90 Å². The molecule has 2 fully saturated rings. The number of amides is 1. The van der Waals surface area contributed by atoms with E-state index in [1.165, 1.54) is 12.0 Å². The van der Waals surface area contributed by atoms with Gasteiger partial charge in [-0.15, -0.1) is 10.2 Å².